The van der Waals surface area contributed by atoms with Crippen molar-refractivity contribution < 1.29 is 17.9 Å². The SMILES string of the molecule is CCN(CCC(=O)NCc1ccc(OC)cc1)C1CCS(=O)(=O)C1. The van der Waals surface area contributed by atoms with E-state index in [1.807, 2.05) is 31.2 Å². The maximum atomic E-state index is 12.0. The first kappa shape index (κ1) is 18.7. The second-order valence-corrected chi connectivity index (χ2v) is 8.29. The first-order valence-corrected chi connectivity index (χ1v) is 10.1. The topological polar surface area (TPSA) is 75.7 Å². The van der Waals surface area contributed by atoms with Crippen molar-refractivity contribution in [1.82, 2.24) is 10.2 Å². The van der Waals surface area contributed by atoms with Crippen LogP contribution >= 0.6 is 0 Å². The fraction of sp³-hybridized carbons (Fsp3) is 0.588. The van der Waals surface area contributed by atoms with Crippen LogP contribution in [0.2, 0.25) is 0 Å². The minimum absolute atomic E-state index is 0.0230. The zero-order valence-corrected chi connectivity index (χ0v) is 15.1. The minimum Gasteiger partial charge on any atom is -0.497 e. The van der Waals surface area contributed by atoms with Crippen molar-refractivity contribution in [3.05, 3.63) is 29.8 Å². The van der Waals surface area contributed by atoms with Gasteiger partial charge >= 0.3 is 0 Å². The zero-order valence-electron chi connectivity index (χ0n) is 14.3. The van der Waals surface area contributed by atoms with Crippen molar-refractivity contribution in [3.8, 4) is 5.75 Å². The van der Waals surface area contributed by atoms with Gasteiger partial charge in [-0.1, -0.05) is 19.1 Å². The quantitative estimate of drug-likeness (QED) is 0.759. The number of benzene rings is 1. The molecule has 1 aromatic carbocycles. The zero-order chi connectivity index (χ0) is 17.6. The second-order valence-electron chi connectivity index (χ2n) is 6.06. The molecule has 1 aliphatic heterocycles. The van der Waals surface area contributed by atoms with Gasteiger partial charge in [0.25, 0.3) is 0 Å². The smallest absolute Gasteiger partial charge is 0.221 e. The maximum Gasteiger partial charge on any atom is 0.221 e. The number of sulfone groups is 1. The van der Waals surface area contributed by atoms with E-state index in [0.717, 1.165) is 17.9 Å². The lowest BCUT2D eigenvalue weighted by atomic mass is 10.2. The Bertz CT molecular complexity index is 643. The number of ether oxygens (including phenoxy) is 1. The molecule has 0 aliphatic carbocycles. The Morgan fingerprint density at radius 3 is 2.58 bits per heavy atom. The molecule has 1 atom stereocenters. The number of hydrogen-bond acceptors (Lipinski definition) is 5. The van der Waals surface area contributed by atoms with Crippen molar-refractivity contribution in [2.75, 3.05) is 31.7 Å². The van der Waals surface area contributed by atoms with Gasteiger partial charge in [-0.15, -0.1) is 0 Å². The Morgan fingerprint density at radius 2 is 2.04 bits per heavy atom. The van der Waals surface area contributed by atoms with Gasteiger partial charge in [0.2, 0.25) is 5.91 Å². The van der Waals surface area contributed by atoms with Gasteiger partial charge in [-0.25, -0.2) is 8.42 Å². The third kappa shape index (κ3) is 5.49. The molecule has 0 saturated carbocycles. The number of nitrogens with zero attached hydrogens (tertiary/aromatic N) is 1. The second kappa shape index (κ2) is 8.48. The van der Waals surface area contributed by atoms with Crippen LogP contribution < -0.4 is 10.1 Å². The van der Waals surface area contributed by atoms with Crippen LogP contribution in [0.5, 0.6) is 5.75 Å². The number of rotatable bonds is 8. The summed E-state index contributed by atoms with van der Waals surface area (Å²) in [6.07, 6.45) is 1.05. The average Bonchev–Trinajstić information content (AvgIpc) is 2.94. The van der Waals surface area contributed by atoms with Crippen molar-refractivity contribution >= 4 is 15.7 Å². The van der Waals surface area contributed by atoms with E-state index in [9.17, 15) is 13.2 Å². The molecule has 1 fully saturated rings. The van der Waals surface area contributed by atoms with Crippen LogP contribution in [0, 0.1) is 0 Å². The first-order chi connectivity index (χ1) is 11.4. The Balaban J connectivity index is 1.75. The Morgan fingerprint density at radius 1 is 1.33 bits per heavy atom. The lowest BCUT2D eigenvalue weighted by Gasteiger charge is -2.26. The molecule has 1 saturated heterocycles. The highest BCUT2D eigenvalue weighted by atomic mass is 32.2. The van der Waals surface area contributed by atoms with E-state index in [-0.39, 0.29) is 23.5 Å². The largest absolute Gasteiger partial charge is 0.497 e. The summed E-state index contributed by atoms with van der Waals surface area (Å²) in [6.45, 7) is 3.82. The summed E-state index contributed by atoms with van der Waals surface area (Å²) in [6, 6.07) is 7.61. The molecule has 1 unspecified atom stereocenters. The molecular weight excluding hydrogens is 328 g/mol. The number of nitrogens with one attached hydrogen (secondary N) is 1. The molecule has 1 aliphatic rings. The van der Waals surface area contributed by atoms with Crippen LogP contribution in [0.3, 0.4) is 0 Å². The van der Waals surface area contributed by atoms with Gasteiger partial charge < -0.3 is 10.1 Å². The molecule has 7 heteroatoms. The third-order valence-electron chi connectivity index (χ3n) is 4.41. The van der Waals surface area contributed by atoms with Crippen LogP contribution in [0.4, 0.5) is 0 Å². The highest BCUT2D eigenvalue weighted by molar-refractivity contribution is 7.91. The molecule has 0 radical (unpaired) electrons. The highest BCUT2D eigenvalue weighted by Gasteiger charge is 2.31. The lowest BCUT2D eigenvalue weighted by molar-refractivity contribution is -0.121. The maximum absolute atomic E-state index is 12.0. The molecule has 2 rings (SSSR count). The van der Waals surface area contributed by atoms with Crippen LogP contribution in [0.15, 0.2) is 24.3 Å². The number of methoxy groups -OCH3 is 1. The van der Waals surface area contributed by atoms with E-state index in [1.165, 1.54) is 0 Å². The van der Waals surface area contributed by atoms with Crippen LogP contribution in [0.1, 0.15) is 25.3 Å². The van der Waals surface area contributed by atoms with Gasteiger partial charge in [0, 0.05) is 25.6 Å². The molecule has 1 amide bonds. The summed E-state index contributed by atoms with van der Waals surface area (Å²) < 4.78 is 28.3. The molecule has 134 valence electrons. The molecule has 24 heavy (non-hydrogen) atoms. The minimum atomic E-state index is -2.89. The molecule has 1 heterocycles. The van der Waals surface area contributed by atoms with Crippen LogP contribution in [-0.2, 0) is 21.2 Å². The molecule has 0 bridgehead atoms. The number of amides is 1. The summed E-state index contributed by atoms with van der Waals surface area (Å²) in [5.74, 6) is 1.24. The summed E-state index contributed by atoms with van der Waals surface area (Å²) in [5, 5.41) is 2.90. The van der Waals surface area contributed by atoms with Gasteiger partial charge in [0.05, 0.1) is 18.6 Å². The van der Waals surface area contributed by atoms with E-state index in [0.29, 0.717) is 25.9 Å². The number of carbonyl (C=O) groups is 1. The summed E-state index contributed by atoms with van der Waals surface area (Å²) >= 11 is 0. The Hall–Kier alpha value is -1.60. The first-order valence-electron chi connectivity index (χ1n) is 8.27. The van der Waals surface area contributed by atoms with Crippen molar-refractivity contribution in [2.45, 2.75) is 32.4 Å². The van der Waals surface area contributed by atoms with E-state index < -0.39 is 9.84 Å². The predicted molar refractivity (Wildman–Crippen MR) is 93.8 cm³/mol. The third-order valence-corrected chi connectivity index (χ3v) is 6.16. The summed E-state index contributed by atoms with van der Waals surface area (Å²) in [7, 11) is -1.28. The van der Waals surface area contributed by atoms with Crippen LogP contribution in [-0.4, -0.2) is 57.0 Å². The Kier molecular flexibility index (Phi) is 6.62. The van der Waals surface area contributed by atoms with Gasteiger partial charge in [-0.05, 0) is 30.7 Å². The van der Waals surface area contributed by atoms with E-state index in [4.69, 9.17) is 4.74 Å². The fourth-order valence-corrected chi connectivity index (χ4v) is 4.70. The van der Waals surface area contributed by atoms with E-state index >= 15 is 0 Å². The lowest BCUT2D eigenvalue weighted by Crippen LogP contribution is -2.38. The molecule has 1 N–H and O–H groups in total. The normalized spacial score (nSPS) is 19.4. The fourth-order valence-electron chi connectivity index (χ4n) is 2.94. The monoisotopic (exact) mass is 354 g/mol. The summed E-state index contributed by atoms with van der Waals surface area (Å²) in [5.41, 5.74) is 1.01. The average molecular weight is 354 g/mol. The van der Waals surface area contributed by atoms with Crippen molar-refractivity contribution in [2.24, 2.45) is 0 Å². The number of carbonyl (C=O) groups excluding carboxylic acids is 1. The van der Waals surface area contributed by atoms with E-state index in [1.54, 1.807) is 7.11 Å². The van der Waals surface area contributed by atoms with E-state index in [2.05, 4.69) is 10.2 Å². The van der Waals surface area contributed by atoms with Crippen molar-refractivity contribution in [3.63, 3.8) is 0 Å². The predicted octanol–water partition coefficient (Wildman–Crippen LogP) is 1.21. The molecule has 6 nitrogen and oxygen atoms in total. The summed E-state index contributed by atoms with van der Waals surface area (Å²) in [4.78, 5) is 14.1. The molecule has 0 spiro atoms. The molecule has 0 aromatic heterocycles. The van der Waals surface area contributed by atoms with Crippen molar-refractivity contribution in [1.29, 1.82) is 0 Å². The van der Waals surface area contributed by atoms with Gasteiger partial charge in [-0.2, -0.15) is 0 Å². The van der Waals surface area contributed by atoms with Gasteiger partial charge in [0.1, 0.15) is 5.75 Å². The van der Waals surface area contributed by atoms with Gasteiger partial charge in [0.15, 0.2) is 9.84 Å². The molecule has 1 aromatic rings. The van der Waals surface area contributed by atoms with Crippen LogP contribution in [0.25, 0.3) is 0 Å². The molecular formula is C17H26N2O4S. The Labute approximate surface area is 144 Å². The van der Waals surface area contributed by atoms with Gasteiger partial charge in [-0.3, -0.25) is 9.69 Å². The number of hydrogen-bond donors (Lipinski definition) is 1. The standard InChI is InChI=1S/C17H26N2O4S/c1-3-19(15-9-11-24(21,22)13-15)10-8-17(20)18-12-14-4-6-16(23-2)7-5-14/h4-7,15H,3,8-13H2,1-2H3,(H,18,20). The highest BCUT2D eigenvalue weighted by Crippen LogP contribution is 2.17.